The van der Waals surface area contributed by atoms with Gasteiger partial charge in [-0.15, -0.1) is 0 Å². The molecule has 0 amide bonds. The standard InChI is InChI=1S/FH.2Na.H2O/h1H;;;1H2/q;2*+1;/p-2. The predicted octanol–water partition coefficient (Wildman–Crippen LogP) is -9.16. The third-order valence-electron chi connectivity index (χ3n) is 0. The Morgan fingerprint density at radius 1 is 0.750 bits per heavy atom. The Labute approximate surface area is 68.4 Å². The van der Waals surface area contributed by atoms with E-state index >= 15 is 0 Å². The van der Waals surface area contributed by atoms with E-state index in [1.165, 1.54) is 0 Å². The molecule has 0 heterocycles. The van der Waals surface area contributed by atoms with Gasteiger partial charge < -0.3 is 10.2 Å². The van der Waals surface area contributed by atoms with Crippen molar-refractivity contribution in [2.75, 3.05) is 0 Å². The van der Waals surface area contributed by atoms with Crippen LogP contribution in [0.2, 0.25) is 0 Å². The first-order valence-corrected chi connectivity index (χ1v) is 0. The monoisotopic (exact) mass is 82.0 g/mol. The van der Waals surface area contributed by atoms with Crippen molar-refractivity contribution in [1.82, 2.24) is 0 Å². The molecular weight excluding hydrogens is 81.0 g/mol. The van der Waals surface area contributed by atoms with Gasteiger partial charge >= 0.3 is 59.1 Å². The molecule has 0 rings (SSSR count). The first kappa shape index (κ1) is 39.4. The molecular formula is HFNa2O. The van der Waals surface area contributed by atoms with Gasteiger partial charge in [0.25, 0.3) is 0 Å². The number of hydrogen-bond acceptors (Lipinski definition) is 1. The topological polar surface area (TPSA) is 30.0 Å². The van der Waals surface area contributed by atoms with Crippen molar-refractivity contribution in [2.45, 2.75) is 0 Å². The van der Waals surface area contributed by atoms with Crippen LogP contribution >= 0.6 is 0 Å². The van der Waals surface area contributed by atoms with Gasteiger partial charge in [-0.3, -0.25) is 0 Å². The summed E-state index contributed by atoms with van der Waals surface area (Å²) in [5.74, 6) is 0. The predicted molar refractivity (Wildman–Crippen MR) is 1.94 cm³/mol. The van der Waals surface area contributed by atoms with Crippen LogP contribution in [0.5, 0.6) is 0 Å². The molecule has 0 unspecified atom stereocenters. The minimum atomic E-state index is 0. The fourth-order valence-electron chi connectivity index (χ4n) is 0. The molecule has 0 bridgehead atoms. The van der Waals surface area contributed by atoms with Gasteiger partial charge in [-0.05, 0) is 0 Å². The van der Waals surface area contributed by atoms with E-state index in [2.05, 4.69) is 0 Å². The van der Waals surface area contributed by atoms with Gasteiger partial charge in [0, 0.05) is 0 Å². The third-order valence-corrected chi connectivity index (χ3v) is 0. The Hall–Kier alpha value is 1.89. The minimum absolute atomic E-state index is 0. The van der Waals surface area contributed by atoms with Gasteiger partial charge in [0.1, 0.15) is 0 Å². The molecule has 0 saturated carbocycles. The van der Waals surface area contributed by atoms with Gasteiger partial charge in [-0.1, -0.05) is 0 Å². The number of halogens is 1. The van der Waals surface area contributed by atoms with Crippen LogP contribution in [-0.4, -0.2) is 5.48 Å². The summed E-state index contributed by atoms with van der Waals surface area (Å²) in [4.78, 5) is 0. The summed E-state index contributed by atoms with van der Waals surface area (Å²) in [6, 6.07) is 0. The van der Waals surface area contributed by atoms with Crippen molar-refractivity contribution in [3.8, 4) is 0 Å². The molecule has 0 aromatic heterocycles. The van der Waals surface area contributed by atoms with Crippen LogP contribution in [0.15, 0.2) is 0 Å². The zero-order valence-electron chi connectivity index (χ0n) is 2.83. The van der Waals surface area contributed by atoms with E-state index in [-0.39, 0.29) is 69.3 Å². The zero-order valence-corrected chi connectivity index (χ0v) is 6.83. The van der Waals surface area contributed by atoms with Gasteiger partial charge in [-0.25, -0.2) is 0 Å². The van der Waals surface area contributed by atoms with Crippen LogP contribution in [0.1, 0.15) is 0 Å². The van der Waals surface area contributed by atoms with Crippen molar-refractivity contribution in [3.63, 3.8) is 0 Å². The molecule has 4 heavy (non-hydrogen) atoms. The Balaban J connectivity index is 0. The Morgan fingerprint density at radius 3 is 0.750 bits per heavy atom. The summed E-state index contributed by atoms with van der Waals surface area (Å²) < 4.78 is 0. The summed E-state index contributed by atoms with van der Waals surface area (Å²) >= 11 is 0. The maximum absolute atomic E-state index is 0. The molecule has 0 aromatic carbocycles. The van der Waals surface area contributed by atoms with E-state index in [0.717, 1.165) is 0 Å². The van der Waals surface area contributed by atoms with E-state index in [4.69, 9.17) is 0 Å². The Bertz CT molecular complexity index is 6.00. The normalized spacial score (nSPS) is 0. The summed E-state index contributed by atoms with van der Waals surface area (Å²) in [5, 5.41) is 0. The maximum atomic E-state index is 0. The SMILES string of the molecule is [F-].[Na+].[Na+].[OH-]. The fourth-order valence-corrected chi connectivity index (χ4v) is 0. The number of rotatable bonds is 0. The molecule has 1 N–H and O–H groups in total. The molecule has 0 atom stereocenters. The van der Waals surface area contributed by atoms with Gasteiger partial charge in [0.05, 0.1) is 0 Å². The molecule has 0 aliphatic rings. The fraction of sp³-hybridized carbons (Fsp3) is 0. The summed E-state index contributed by atoms with van der Waals surface area (Å²) in [5.41, 5.74) is 0. The van der Waals surface area contributed by atoms with Crippen LogP contribution in [0.3, 0.4) is 0 Å². The van der Waals surface area contributed by atoms with E-state index in [0.29, 0.717) is 0 Å². The average Bonchev–Trinajstić information content (AvgIpc) is 0. The van der Waals surface area contributed by atoms with Gasteiger partial charge in [-0.2, -0.15) is 0 Å². The van der Waals surface area contributed by atoms with Crippen molar-refractivity contribution < 1.29 is 69.3 Å². The molecule has 1 nitrogen and oxygen atoms in total. The van der Waals surface area contributed by atoms with Crippen molar-refractivity contribution >= 4 is 0 Å². The van der Waals surface area contributed by atoms with Gasteiger partial charge in [0.2, 0.25) is 0 Å². The maximum Gasteiger partial charge on any atom is 1.00 e. The first-order chi connectivity index (χ1) is 0. The molecule has 0 fully saturated rings. The zero-order chi connectivity index (χ0) is 0. The largest absolute Gasteiger partial charge is 1.00 e. The molecule has 0 aromatic rings. The van der Waals surface area contributed by atoms with Gasteiger partial charge in [0.15, 0.2) is 0 Å². The summed E-state index contributed by atoms with van der Waals surface area (Å²) in [6.45, 7) is 0. The molecule has 0 radical (unpaired) electrons. The molecule has 0 saturated heterocycles. The van der Waals surface area contributed by atoms with Crippen LogP contribution in [0.25, 0.3) is 0 Å². The second-order valence-corrected chi connectivity index (χ2v) is 0. The van der Waals surface area contributed by atoms with Crippen molar-refractivity contribution in [2.24, 2.45) is 0 Å². The molecule has 16 valence electrons. The van der Waals surface area contributed by atoms with E-state index in [1.807, 2.05) is 0 Å². The van der Waals surface area contributed by atoms with Crippen LogP contribution < -0.4 is 63.8 Å². The number of hydrogen-bond donors (Lipinski definition) is 0. The van der Waals surface area contributed by atoms with Crippen LogP contribution in [0, 0.1) is 0 Å². The average molecular weight is 82.0 g/mol. The molecule has 4 heteroatoms. The van der Waals surface area contributed by atoms with Crippen LogP contribution in [0.4, 0.5) is 0 Å². The first-order valence-electron chi connectivity index (χ1n) is 0. The Morgan fingerprint density at radius 2 is 0.750 bits per heavy atom. The van der Waals surface area contributed by atoms with Crippen molar-refractivity contribution in [3.05, 3.63) is 0 Å². The van der Waals surface area contributed by atoms with E-state index in [9.17, 15) is 0 Å². The Kier molecular flexibility index (Phi) is 204. The molecule has 0 aliphatic carbocycles. The smallest absolute Gasteiger partial charge is 1.00 e. The quantitative estimate of drug-likeness (QED) is 0.267. The summed E-state index contributed by atoms with van der Waals surface area (Å²) in [6.07, 6.45) is 0. The third kappa shape index (κ3) is 9.10. The molecule has 0 aliphatic heterocycles. The summed E-state index contributed by atoms with van der Waals surface area (Å²) in [7, 11) is 0. The molecule has 0 spiro atoms. The van der Waals surface area contributed by atoms with Crippen LogP contribution in [-0.2, 0) is 0 Å². The van der Waals surface area contributed by atoms with Crippen molar-refractivity contribution in [1.29, 1.82) is 0 Å². The van der Waals surface area contributed by atoms with E-state index < -0.39 is 0 Å². The van der Waals surface area contributed by atoms with E-state index in [1.54, 1.807) is 0 Å². The minimum Gasteiger partial charge on any atom is -1.00 e. The second-order valence-electron chi connectivity index (χ2n) is 0. The second kappa shape index (κ2) is 20.7.